The molecule has 7 heteroatoms. The molecule has 0 aliphatic heterocycles. The van der Waals surface area contributed by atoms with E-state index < -0.39 is 27.3 Å². The molecule has 0 saturated heterocycles. The van der Waals surface area contributed by atoms with E-state index >= 15 is 0 Å². The summed E-state index contributed by atoms with van der Waals surface area (Å²) in [5.74, 6) is -1.51. The minimum atomic E-state index is -3.71. The van der Waals surface area contributed by atoms with Crippen molar-refractivity contribution < 1.29 is 23.1 Å². The highest BCUT2D eigenvalue weighted by Gasteiger charge is 2.40. The highest BCUT2D eigenvalue weighted by atomic mass is 32.2. The quantitative estimate of drug-likeness (QED) is 0.598. The Balaban J connectivity index is 2.59. The number of methoxy groups -OCH3 is 1. The first-order valence-electron chi connectivity index (χ1n) is 4.62. The molecule has 1 aliphatic rings. The van der Waals surface area contributed by atoms with Crippen LogP contribution in [0.5, 0.6) is 0 Å². The fourth-order valence-corrected chi connectivity index (χ4v) is 2.90. The summed E-state index contributed by atoms with van der Waals surface area (Å²) in [6, 6.07) is 0. The Hall–Kier alpha value is -0.660. The maximum atomic E-state index is 11.4. The van der Waals surface area contributed by atoms with Gasteiger partial charge in [0.1, 0.15) is 0 Å². The summed E-state index contributed by atoms with van der Waals surface area (Å²) in [6.07, 6.45) is 2.08. The van der Waals surface area contributed by atoms with Gasteiger partial charge in [0, 0.05) is 0 Å². The number of nitrogens with one attached hydrogen (secondary N) is 1. The zero-order chi connectivity index (χ0) is 11.5. The molecule has 0 unspecified atom stereocenters. The molecule has 0 radical (unpaired) electrons. The van der Waals surface area contributed by atoms with E-state index in [1.54, 1.807) is 0 Å². The summed E-state index contributed by atoms with van der Waals surface area (Å²) in [6.45, 7) is -0.243. The van der Waals surface area contributed by atoms with Gasteiger partial charge in [-0.3, -0.25) is 4.79 Å². The molecular formula is C8H15NO5S. The van der Waals surface area contributed by atoms with Gasteiger partial charge in [-0.25, -0.2) is 13.1 Å². The molecule has 1 rings (SSSR count). The van der Waals surface area contributed by atoms with Crippen LogP contribution in [0.15, 0.2) is 0 Å². The van der Waals surface area contributed by atoms with Gasteiger partial charge in [-0.2, -0.15) is 0 Å². The molecule has 0 bridgehead atoms. The third-order valence-electron chi connectivity index (χ3n) is 2.52. The number of esters is 1. The second kappa shape index (κ2) is 4.46. The van der Waals surface area contributed by atoms with Gasteiger partial charge in [-0.1, -0.05) is 0 Å². The summed E-state index contributed by atoms with van der Waals surface area (Å²) < 4.78 is 29.5. The van der Waals surface area contributed by atoms with E-state index in [0.29, 0.717) is 12.8 Å². The molecule has 1 aliphatic carbocycles. The minimum Gasteiger partial charge on any atom is -0.468 e. The number of hydrogen-bond donors (Lipinski definition) is 2. The standard InChI is InChI=1S/C8H15NO5S/c1-14-7(11)5-15(12,13)9-8(6-10)3-2-4-8/h9-10H,2-6H2,1H3. The third kappa shape index (κ3) is 3.15. The molecule has 6 nitrogen and oxygen atoms in total. The summed E-state index contributed by atoms with van der Waals surface area (Å²) >= 11 is 0. The van der Waals surface area contributed by atoms with Crippen molar-refractivity contribution in [1.29, 1.82) is 0 Å². The van der Waals surface area contributed by atoms with Gasteiger partial charge in [-0.05, 0) is 19.3 Å². The van der Waals surface area contributed by atoms with E-state index in [1.807, 2.05) is 0 Å². The maximum Gasteiger partial charge on any atom is 0.322 e. The predicted octanol–water partition coefficient (Wildman–Crippen LogP) is -1.01. The number of aliphatic hydroxyl groups is 1. The molecule has 0 aromatic carbocycles. The summed E-state index contributed by atoms with van der Waals surface area (Å²) in [7, 11) is -2.58. The minimum absolute atomic E-state index is 0.243. The molecule has 0 amide bonds. The van der Waals surface area contributed by atoms with Crippen LogP contribution in [0.1, 0.15) is 19.3 Å². The van der Waals surface area contributed by atoms with Crippen LogP contribution < -0.4 is 4.72 Å². The molecule has 1 saturated carbocycles. The highest BCUT2D eigenvalue weighted by molar-refractivity contribution is 7.90. The number of hydrogen-bond acceptors (Lipinski definition) is 5. The van der Waals surface area contributed by atoms with Crippen molar-refractivity contribution in [2.24, 2.45) is 0 Å². The van der Waals surface area contributed by atoms with Crippen LogP contribution in [0.3, 0.4) is 0 Å². The average Bonchev–Trinajstić information content (AvgIpc) is 2.10. The number of aliphatic hydroxyl groups excluding tert-OH is 1. The van der Waals surface area contributed by atoms with E-state index in [9.17, 15) is 13.2 Å². The van der Waals surface area contributed by atoms with Gasteiger partial charge in [-0.15, -0.1) is 0 Å². The molecule has 0 aromatic rings. The van der Waals surface area contributed by atoms with E-state index in [1.165, 1.54) is 0 Å². The van der Waals surface area contributed by atoms with Crippen LogP contribution in [0.4, 0.5) is 0 Å². The third-order valence-corrected chi connectivity index (χ3v) is 3.88. The molecule has 0 spiro atoms. The first-order valence-corrected chi connectivity index (χ1v) is 6.28. The van der Waals surface area contributed by atoms with Gasteiger partial charge in [0.25, 0.3) is 0 Å². The largest absolute Gasteiger partial charge is 0.468 e. The molecule has 88 valence electrons. The fraction of sp³-hybridized carbons (Fsp3) is 0.875. The van der Waals surface area contributed by atoms with Crippen LogP contribution in [-0.2, 0) is 19.6 Å². The van der Waals surface area contributed by atoms with Gasteiger partial charge in [0.05, 0.1) is 19.3 Å². The summed E-state index contributed by atoms with van der Waals surface area (Å²) in [4.78, 5) is 10.8. The zero-order valence-corrected chi connectivity index (χ0v) is 9.34. The van der Waals surface area contributed by atoms with Gasteiger partial charge in [0.15, 0.2) is 5.75 Å². The summed E-state index contributed by atoms with van der Waals surface area (Å²) in [5, 5.41) is 9.05. The van der Waals surface area contributed by atoms with E-state index in [-0.39, 0.29) is 6.61 Å². The Kier molecular flexibility index (Phi) is 3.69. The van der Waals surface area contributed by atoms with Gasteiger partial charge < -0.3 is 9.84 Å². The lowest BCUT2D eigenvalue weighted by molar-refractivity contribution is -0.137. The first kappa shape index (κ1) is 12.4. The second-order valence-corrected chi connectivity index (χ2v) is 5.45. The number of carbonyl (C=O) groups excluding carboxylic acids is 1. The lowest BCUT2D eigenvalue weighted by Gasteiger charge is -2.40. The molecule has 0 aromatic heterocycles. The van der Waals surface area contributed by atoms with Crippen LogP contribution in [0, 0.1) is 0 Å². The summed E-state index contributed by atoms with van der Waals surface area (Å²) in [5.41, 5.74) is -0.757. The number of carbonyl (C=O) groups is 1. The normalized spacial score (nSPS) is 19.3. The Labute approximate surface area is 88.7 Å². The molecular weight excluding hydrogens is 222 g/mol. The van der Waals surface area contributed by atoms with Crippen LogP contribution in [0.25, 0.3) is 0 Å². The number of ether oxygens (including phenoxy) is 1. The van der Waals surface area contributed by atoms with E-state index in [0.717, 1.165) is 13.5 Å². The van der Waals surface area contributed by atoms with Crippen LogP contribution >= 0.6 is 0 Å². The van der Waals surface area contributed by atoms with Crippen molar-refractivity contribution in [3.8, 4) is 0 Å². The zero-order valence-electron chi connectivity index (χ0n) is 8.52. The molecule has 1 fully saturated rings. The lowest BCUT2D eigenvalue weighted by Crippen LogP contribution is -2.56. The van der Waals surface area contributed by atoms with Crippen molar-refractivity contribution in [2.45, 2.75) is 24.8 Å². The Bertz CT molecular complexity index is 327. The smallest absolute Gasteiger partial charge is 0.322 e. The van der Waals surface area contributed by atoms with Crippen LogP contribution in [0.2, 0.25) is 0 Å². The monoisotopic (exact) mass is 237 g/mol. The van der Waals surface area contributed by atoms with Crippen molar-refractivity contribution in [3.63, 3.8) is 0 Å². The SMILES string of the molecule is COC(=O)CS(=O)(=O)NC1(CO)CCC1. The second-order valence-electron chi connectivity index (χ2n) is 3.73. The first-order chi connectivity index (χ1) is 6.93. The fourth-order valence-electron chi connectivity index (χ4n) is 1.48. The molecule has 15 heavy (non-hydrogen) atoms. The lowest BCUT2D eigenvalue weighted by atomic mass is 9.78. The maximum absolute atomic E-state index is 11.4. The molecule has 2 N–H and O–H groups in total. The van der Waals surface area contributed by atoms with E-state index in [4.69, 9.17) is 5.11 Å². The number of sulfonamides is 1. The Morgan fingerprint density at radius 1 is 1.53 bits per heavy atom. The van der Waals surface area contributed by atoms with Crippen molar-refractivity contribution in [1.82, 2.24) is 4.72 Å². The average molecular weight is 237 g/mol. The molecule has 0 atom stereocenters. The highest BCUT2D eigenvalue weighted by Crippen LogP contribution is 2.31. The van der Waals surface area contributed by atoms with Gasteiger partial charge in [0.2, 0.25) is 10.0 Å². The Morgan fingerprint density at radius 3 is 2.47 bits per heavy atom. The van der Waals surface area contributed by atoms with Crippen molar-refractivity contribution in [2.75, 3.05) is 19.5 Å². The molecule has 0 heterocycles. The van der Waals surface area contributed by atoms with Crippen molar-refractivity contribution >= 4 is 16.0 Å². The van der Waals surface area contributed by atoms with Crippen molar-refractivity contribution in [3.05, 3.63) is 0 Å². The topological polar surface area (TPSA) is 92.7 Å². The Morgan fingerprint density at radius 2 is 2.13 bits per heavy atom. The van der Waals surface area contributed by atoms with Crippen LogP contribution in [-0.4, -0.2) is 44.5 Å². The van der Waals surface area contributed by atoms with Gasteiger partial charge >= 0.3 is 5.97 Å². The number of rotatable bonds is 5. The predicted molar refractivity (Wildman–Crippen MR) is 52.6 cm³/mol. The van der Waals surface area contributed by atoms with E-state index in [2.05, 4.69) is 9.46 Å².